The van der Waals surface area contributed by atoms with Crippen molar-refractivity contribution in [3.63, 3.8) is 0 Å². The molecule has 12 atom stereocenters. The second kappa shape index (κ2) is 10.8. The molecule has 0 aromatic carbocycles. The molecule has 1 aliphatic heterocycles. The Hall–Kier alpha value is -1.32. The van der Waals surface area contributed by atoms with Crippen LogP contribution in [0.1, 0.15) is 106 Å². The minimum absolute atomic E-state index is 0.0324. The first-order valence-corrected chi connectivity index (χ1v) is 17.6. The Kier molecular flexibility index (Phi) is 8.09. The van der Waals surface area contributed by atoms with Crippen molar-refractivity contribution in [3.05, 3.63) is 11.6 Å². The molecule has 0 spiro atoms. The standard InChI is InChI=1S/C37H59NO7/c1-32(2)26-9-12-37(7)29(35(26,5)11-10-27(32)44-21-22(39)19-38(8)20-28(41)42)25(40)17-23-24-18-34(4,30-31(43)45-30)14-13-33(24,3)15-16-36(23,37)6/h17,22,24,26-27,29-31,39,43H,9-16,18-21H2,1-8H3,(H,41,42)/t22?,24-,26-,27-,29+,30?,31?,33+,34-,35-,36+,37+/m0/s1. The summed E-state index contributed by atoms with van der Waals surface area (Å²) in [5.41, 5.74) is 1.02. The van der Waals surface area contributed by atoms with Crippen molar-refractivity contribution >= 4 is 11.8 Å². The first-order valence-electron chi connectivity index (χ1n) is 17.6. The van der Waals surface area contributed by atoms with Crippen molar-refractivity contribution in [2.24, 2.45) is 50.2 Å². The number of ether oxygens (including phenoxy) is 2. The van der Waals surface area contributed by atoms with Crippen LogP contribution < -0.4 is 0 Å². The third kappa shape index (κ3) is 5.10. The Bertz CT molecular complexity index is 1250. The van der Waals surface area contributed by atoms with Crippen LogP contribution in [0.2, 0.25) is 0 Å². The van der Waals surface area contributed by atoms with E-state index in [1.807, 2.05) is 0 Å². The first-order chi connectivity index (χ1) is 20.8. The van der Waals surface area contributed by atoms with E-state index in [-0.39, 0.29) is 70.3 Å². The van der Waals surface area contributed by atoms with Gasteiger partial charge in [0.15, 0.2) is 12.1 Å². The van der Waals surface area contributed by atoms with E-state index in [9.17, 15) is 19.8 Å². The van der Waals surface area contributed by atoms with Gasteiger partial charge in [-0.25, -0.2) is 0 Å². The Morgan fingerprint density at radius 3 is 2.31 bits per heavy atom. The molecule has 0 bridgehead atoms. The zero-order valence-electron chi connectivity index (χ0n) is 29.0. The molecule has 5 aliphatic carbocycles. The summed E-state index contributed by atoms with van der Waals surface area (Å²) < 4.78 is 12.1. The lowest BCUT2D eigenvalue weighted by molar-refractivity contribution is -0.212. The van der Waals surface area contributed by atoms with E-state index < -0.39 is 18.4 Å². The van der Waals surface area contributed by atoms with E-state index in [1.165, 1.54) is 12.0 Å². The second-order valence-electron chi connectivity index (χ2n) is 18.2. The van der Waals surface area contributed by atoms with Crippen LogP contribution >= 0.6 is 0 Å². The number of ketones is 1. The minimum atomic E-state index is -0.914. The summed E-state index contributed by atoms with van der Waals surface area (Å²) in [5, 5.41) is 29.9. The highest BCUT2D eigenvalue weighted by Gasteiger charge is 2.70. The zero-order valence-corrected chi connectivity index (χ0v) is 29.0. The number of aliphatic hydroxyl groups excluding tert-OH is 2. The van der Waals surface area contributed by atoms with Crippen molar-refractivity contribution in [1.29, 1.82) is 0 Å². The number of epoxide rings is 1. The van der Waals surface area contributed by atoms with Crippen LogP contribution in [0, 0.1) is 50.2 Å². The van der Waals surface area contributed by atoms with Crippen molar-refractivity contribution in [2.45, 2.75) is 131 Å². The third-order valence-corrected chi connectivity index (χ3v) is 15.1. The molecule has 5 fully saturated rings. The molecule has 1 saturated heterocycles. The number of hydrogen-bond acceptors (Lipinski definition) is 7. The SMILES string of the molecule is CN(CC(=O)O)CC(O)CO[C@H]1CC[C@]2(C)[C@H]3C(=O)C=C4[C@@H]5C[C@@](C)(C6OC6O)CC[C@]5(C)CC[C@@]4(C)[C@]3(C)CC[C@H]2C1(C)C. The molecule has 1 heterocycles. The van der Waals surface area contributed by atoms with Gasteiger partial charge >= 0.3 is 5.97 Å². The van der Waals surface area contributed by atoms with Crippen LogP contribution in [-0.4, -0.2) is 83.3 Å². The van der Waals surface area contributed by atoms with Gasteiger partial charge in [-0.2, -0.15) is 0 Å². The lowest BCUT2D eigenvalue weighted by Gasteiger charge is -2.70. The Balaban J connectivity index is 1.24. The minimum Gasteiger partial charge on any atom is -0.480 e. The summed E-state index contributed by atoms with van der Waals surface area (Å²) in [7, 11) is 1.69. The number of rotatable bonds is 8. The number of hydrogen-bond donors (Lipinski definition) is 3. The fraction of sp³-hybridized carbons (Fsp3) is 0.892. The van der Waals surface area contributed by atoms with Crippen LogP contribution in [0.15, 0.2) is 11.6 Å². The molecule has 0 amide bonds. The van der Waals surface area contributed by atoms with Crippen molar-refractivity contribution < 1.29 is 34.4 Å². The van der Waals surface area contributed by atoms with Gasteiger partial charge in [0.2, 0.25) is 0 Å². The van der Waals surface area contributed by atoms with Crippen LogP contribution in [-0.2, 0) is 19.1 Å². The predicted molar refractivity (Wildman–Crippen MR) is 171 cm³/mol. The highest BCUT2D eigenvalue weighted by atomic mass is 16.7. The average Bonchev–Trinajstić information content (AvgIpc) is 3.67. The van der Waals surface area contributed by atoms with E-state index in [0.717, 1.165) is 51.4 Å². The summed E-state index contributed by atoms with van der Waals surface area (Å²) in [6.45, 7) is 17.0. The lowest BCUT2D eigenvalue weighted by Crippen LogP contribution is -2.66. The normalized spacial score (nSPS) is 49.2. The zero-order chi connectivity index (χ0) is 33.0. The van der Waals surface area contributed by atoms with Crippen molar-refractivity contribution in [2.75, 3.05) is 26.7 Å². The summed E-state index contributed by atoms with van der Waals surface area (Å²) >= 11 is 0. The van der Waals surface area contributed by atoms with Gasteiger partial charge in [0.25, 0.3) is 0 Å². The number of nitrogens with zero attached hydrogens (tertiary/aromatic N) is 1. The molecular formula is C37H59NO7. The van der Waals surface area contributed by atoms with Crippen LogP contribution in [0.25, 0.3) is 0 Å². The summed E-state index contributed by atoms with van der Waals surface area (Å²) in [4.78, 5) is 27.3. The summed E-state index contributed by atoms with van der Waals surface area (Å²) in [6, 6.07) is 0. The molecule has 3 unspecified atom stereocenters. The molecule has 4 saturated carbocycles. The molecule has 8 heteroatoms. The first kappa shape index (κ1) is 33.6. The number of fused-ring (bicyclic) bond motifs is 7. The van der Waals surface area contributed by atoms with E-state index in [2.05, 4.69) is 54.5 Å². The quantitative estimate of drug-likeness (QED) is 0.304. The number of aliphatic carboxylic acids is 1. The number of allylic oxidation sites excluding steroid dienone is 2. The number of aliphatic hydroxyl groups is 2. The average molecular weight is 630 g/mol. The van der Waals surface area contributed by atoms with Gasteiger partial charge in [0, 0.05) is 12.5 Å². The fourth-order valence-electron chi connectivity index (χ4n) is 12.3. The molecule has 254 valence electrons. The van der Waals surface area contributed by atoms with Gasteiger partial charge in [-0.15, -0.1) is 0 Å². The molecule has 6 aliphatic rings. The topological polar surface area (TPSA) is 120 Å². The van der Waals surface area contributed by atoms with Gasteiger partial charge in [-0.05, 0) is 115 Å². The summed E-state index contributed by atoms with van der Waals surface area (Å²) in [6.07, 6.45) is 9.89. The van der Waals surface area contributed by atoms with Crippen molar-refractivity contribution in [3.8, 4) is 0 Å². The van der Waals surface area contributed by atoms with E-state index in [4.69, 9.17) is 14.6 Å². The Labute approximate surface area is 270 Å². The lowest BCUT2D eigenvalue weighted by atomic mass is 9.33. The van der Waals surface area contributed by atoms with Gasteiger partial charge in [0.1, 0.15) is 6.10 Å². The Morgan fingerprint density at radius 1 is 1.02 bits per heavy atom. The van der Waals surface area contributed by atoms with Crippen LogP contribution in [0.4, 0.5) is 0 Å². The molecular weight excluding hydrogens is 570 g/mol. The van der Waals surface area contributed by atoms with E-state index in [1.54, 1.807) is 11.9 Å². The highest BCUT2D eigenvalue weighted by Crippen LogP contribution is 2.75. The molecule has 0 aromatic rings. The third-order valence-electron chi connectivity index (χ3n) is 15.1. The van der Waals surface area contributed by atoms with Gasteiger partial charge < -0.3 is 24.8 Å². The fourth-order valence-corrected chi connectivity index (χ4v) is 12.3. The molecule has 6 rings (SSSR count). The summed E-state index contributed by atoms with van der Waals surface area (Å²) in [5.74, 6) is 0.0175. The highest BCUT2D eigenvalue weighted by molar-refractivity contribution is 5.95. The van der Waals surface area contributed by atoms with Gasteiger partial charge in [-0.1, -0.05) is 54.0 Å². The molecule has 0 radical (unpaired) electrons. The Morgan fingerprint density at radius 2 is 1.67 bits per heavy atom. The maximum Gasteiger partial charge on any atom is 0.317 e. The van der Waals surface area contributed by atoms with Crippen molar-refractivity contribution in [1.82, 2.24) is 4.90 Å². The maximum atomic E-state index is 14.7. The number of carboxylic acids is 1. The van der Waals surface area contributed by atoms with E-state index in [0.29, 0.717) is 17.6 Å². The molecule has 0 aromatic heterocycles. The van der Waals surface area contributed by atoms with E-state index >= 15 is 0 Å². The van der Waals surface area contributed by atoms with Gasteiger partial charge in [-0.3, -0.25) is 14.5 Å². The van der Waals surface area contributed by atoms with Crippen LogP contribution in [0.3, 0.4) is 0 Å². The molecule has 45 heavy (non-hydrogen) atoms. The molecule has 3 N–H and O–H groups in total. The van der Waals surface area contributed by atoms with Gasteiger partial charge in [0.05, 0.1) is 25.4 Å². The number of carbonyl (C=O) groups is 2. The predicted octanol–water partition coefficient (Wildman–Crippen LogP) is 5.45. The van der Waals surface area contributed by atoms with Crippen LogP contribution in [0.5, 0.6) is 0 Å². The maximum absolute atomic E-state index is 14.7. The number of likely N-dealkylation sites (N-methyl/N-ethyl adjacent to an activating group) is 1. The largest absolute Gasteiger partial charge is 0.480 e. The molecule has 8 nitrogen and oxygen atoms in total. The second-order valence-corrected chi connectivity index (χ2v) is 18.2. The number of carboxylic acid groups (broad SMARTS) is 1. The number of carbonyl (C=O) groups excluding carboxylic acids is 1. The smallest absolute Gasteiger partial charge is 0.317 e. The monoisotopic (exact) mass is 629 g/mol.